The first-order valence-electron chi connectivity index (χ1n) is 6.52. The highest BCUT2D eigenvalue weighted by Crippen LogP contribution is 2.28. The van der Waals surface area contributed by atoms with E-state index >= 15 is 0 Å². The van der Waals surface area contributed by atoms with E-state index < -0.39 is 0 Å². The van der Waals surface area contributed by atoms with Crippen molar-refractivity contribution in [2.75, 3.05) is 45.3 Å². The summed E-state index contributed by atoms with van der Waals surface area (Å²) >= 11 is 0. The Kier molecular flexibility index (Phi) is 4.07. The number of carbonyl (C=O) groups is 1. The Labute approximate surface area is 114 Å². The van der Waals surface area contributed by atoms with E-state index in [1.807, 2.05) is 39.3 Å². The molecule has 0 aromatic heterocycles. The molecule has 0 fully saturated rings. The standard InChI is InChI=1S/C14H22N4O/c1-17(2)7-8-18(3)13-9-10-11(15)5-4-6-12(10)16-14(13)19/h4-6,13H,7-9,15H2,1-3H3,(H,16,19). The Bertz CT molecular complexity index is 473. The summed E-state index contributed by atoms with van der Waals surface area (Å²) in [5.41, 5.74) is 8.64. The second kappa shape index (κ2) is 5.59. The largest absolute Gasteiger partial charge is 0.398 e. The molecule has 1 aliphatic rings. The van der Waals surface area contributed by atoms with Gasteiger partial charge < -0.3 is 16.0 Å². The van der Waals surface area contributed by atoms with Gasteiger partial charge in [0.25, 0.3) is 0 Å². The lowest BCUT2D eigenvalue weighted by molar-refractivity contribution is -0.121. The van der Waals surface area contributed by atoms with Gasteiger partial charge in [-0.25, -0.2) is 0 Å². The average molecular weight is 262 g/mol. The van der Waals surface area contributed by atoms with Crippen LogP contribution in [-0.2, 0) is 11.2 Å². The van der Waals surface area contributed by atoms with Crippen molar-refractivity contribution in [3.05, 3.63) is 23.8 Å². The van der Waals surface area contributed by atoms with Crippen LogP contribution in [0.1, 0.15) is 5.56 Å². The highest BCUT2D eigenvalue weighted by molar-refractivity contribution is 5.99. The second-order valence-corrected chi connectivity index (χ2v) is 5.37. The monoisotopic (exact) mass is 262 g/mol. The fourth-order valence-corrected chi connectivity index (χ4v) is 2.32. The zero-order valence-electron chi connectivity index (χ0n) is 11.8. The van der Waals surface area contributed by atoms with Gasteiger partial charge in [-0.3, -0.25) is 9.69 Å². The summed E-state index contributed by atoms with van der Waals surface area (Å²) in [6.07, 6.45) is 0.678. The lowest BCUT2D eigenvalue weighted by atomic mass is 9.96. The highest BCUT2D eigenvalue weighted by Gasteiger charge is 2.30. The number of amides is 1. The van der Waals surface area contributed by atoms with Gasteiger partial charge in [0, 0.05) is 36.4 Å². The predicted octanol–water partition coefficient (Wildman–Crippen LogP) is 0.625. The lowest BCUT2D eigenvalue weighted by Gasteiger charge is -2.32. The van der Waals surface area contributed by atoms with Gasteiger partial charge >= 0.3 is 0 Å². The fourth-order valence-electron chi connectivity index (χ4n) is 2.32. The molecule has 1 atom stereocenters. The maximum atomic E-state index is 12.1. The minimum atomic E-state index is -0.142. The van der Waals surface area contributed by atoms with E-state index in [0.29, 0.717) is 6.42 Å². The van der Waals surface area contributed by atoms with Gasteiger partial charge in [0.1, 0.15) is 0 Å². The average Bonchev–Trinajstić information content (AvgIpc) is 2.35. The predicted molar refractivity (Wildman–Crippen MR) is 78.2 cm³/mol. The highest BCUT2D eigenvalue weighted by atomic mass is 16.2. The molecule has 0 spiro atoms. The summed E-state index contributed by atoms with van der Waals surface area (Å²) in [4.78, 5) is 16.3. The van der Waals surface area contributed by atoms with Crippen molar-refractivity contribution in [3.63, 3.8) is 0 Å². The molecule has 2 rings (SSSR count). The first-order chi connectivity index (χ1) is 8.99. The van der Waals surface area contributed by atoms with Crippen LogP contribution in [0.2, 0.25) is 0 Å². The van der Waals surface area contributed by atoms with Gasteiger partial charge in [-0.1, -0.05) is 6.07 Å². The maximum absolute atomic E-state index is 12.1. The number of rotatable bonds is 4. The van der Waals surface area contributed by atoms with Crippen molar-refractivity contribution in [2.45, 2.75) is 12.5 Å². The van der Waals surface area contributed by atoms with Crippen molar-refractivity contribution < 1.29 is 4.79 Å². The first-order valence-corrected chi connectivity index (χ1v) is 6.52. The van der Waals surface area contributed by atoms with Crippen molar-refractivity contribution in [2.24, 2.45) is 0 Å². The Morgan fingerprint density at radius 2 is 2.05 bits per heavy atom. The van der Waals surface area contributed by atoms with E-state index in [0.717, 1.165) is 30.0 Å². The van der Waals surface area contributed by atoms with Crippen LogP contribution >= 0.6 is 0 Å². The smallest absolute Gasteiger partial charge is 0.242 e. The topological polar surface area (TPSA) is 61.6 Å². The van der Waals surface area contributed by atoms with E-state index in [1.54, 1.807) is 0 Å². The fraction of sp³-hybridized carbons (Fsp3) is 0.500. The summed E-state index contributed by atoms with van der Waals surface area (Å²) < 4.78 is 0. The number of hydrogen-bond acceptors (Lipinski definition) is 4. The van der Waals surface area contributed by atoms with Crippen LogP contribution in [0, 0.1) is 0 Å². The van der Waals surface area contributed by atoms with Gasteiger partial charge in [-0.2, -0.15) is 0 Å². The molecule has 1 aromatic rings. The molecular weight excluding hydrogens is 240 g/mol. The van der Waals surface area contributed by atoms with Crippen LogP contribution in [0.25, 0.3) is 0 Å². The number of likely N-dealkylation sites (N-methyl/N-ethyl adjacent to an activating group) is 2. The van der Waals surface area contributed by atoms with E-state index in [4.69, 9.17) is 5.73 Å². The molecule has 1 aliphatic heterocycles. The Morgan fingerprint density at radius 1 is 1.32 bits per heavy atom. The Balaban J connectivity index is 2.12. The minimum absolute atomic E-state index is 0.0550. The minimum Gasteiger partial charge on any atom is -0.398 e. The number of nitrogens with zero attached hydrogens (tertiary/aromatic N) is 2. The summed E-state index contributed by atoms with van der Waals surface area (Å²) in [5.74, 6) is 0.0550. The molecule has 0 bridgehead atoms. The van der Waals surface area contributed by atoms with E-state index in [-0.39, 0.29) is 11.9 Å². The molecule has 0 aliphatic carbocycles. The third-order valence-corrected chi connectivity index (χ3v) is 3.60. The van der Waals surface area contributed by atoms with Gasteiger partial charge in [0.2, 0.25) is 5.91 Å². The van der Waals surface area contributed by atoms with Gasteiger partial charge in [-0.05, 0) is 33.3 Å². The molecule has 1 amide bonds. The number of hydrogen-bond donors (Lipinski definition) is 2. The van der Waals surface area contributed by atoms with Crippen LogP contribution in [0.3, 0.4) is 0 Å². The van der Waals surface area contributed by atoms with Gasteiger partial charge in [0.05, 0.1) is 6.04 Å². The summed E-state index contributed by atoms with van der Waals surface area (Å²) in [5, 5.41) is 2.95. The molecule has 3 N–H and O–H groups in total. The Hall–Kier alpha value is -1.59. The second-order valence-electron chi connectivity index (χ2n) is 5.37. The molecule has 1 unspecified atom stereocenters. The lowest BCUT2D eigenvalue weighted by Crippen LogP contribution is -2.48. The molecule has 104 valence electrons. The first kappa shape index (κ1) is 13.8. The van der Waals surface area contributed by atoms with Crippen LogP contribution in [0.5, 0.6) is 0 Å². The molecule has 19 heavy (non-hydrogen) atoms. The molecule has 0 radical (unpaired) electrons. The zero-order valence-corrected chi connectivity index (χ0v) is 11.8. The van der Waals surface area contributed by atoms with Crippen LogP contribution < -0.4 is 11.1 Å². The number of nitrogens with one attached hydrogen (secondary N) is 1. The quantitative estimate of drug-likeness (QED) is 0.781. The number of fused-ring (bicyclic) bond motifs is 1. The maximum Gasteiger partial charge on any atom is 0.242 e. The van der Waals surface area contributed by atoms with E-state index in [2.05, 4.69) is 15.1 Å². The molecule has 1 aromatic carbocycles. The summed E-state index contributed by atoms with van der Waals surface area (Å²) in [6.45, 7) is 1.78. The van der Waals surface area contributed by atoms with E-state index in [1.165, 1.54) is 0 Å². The number of nitrogen functional groups attached to an aromatic ring is 1. The van der Waals surface area contributed by atoms with Crippen molar-refractivity contribution in [3.8, 4) is 0 Å². The molecular formula is C14H22N4O. The van der Waals surface area contributed by atoms with Crippen molar-refractivity contribution in [1.29, 1.82) is 0 Å². The normalized spacial score (nSPS) is 18.6. The molecule has 1 heterocycles. The summed E-state index contributed by atoms with van der Waals surface area (Å²) in [6, 6.07) is 5.51. The number of carbonyl (C=O) groups excluding carboxylic acids is 1. The third kappa shape index (κ3) is 3.05. The number of benzene rings is 1. The summed E-state index contributed by atoms with van der Waals surface area (Å²) in [7, 11) is 6.04. The third-order valence-electron chi connectivity index (χ3n) is 3.60. The van der Waals surface area contributed by atoms with Crippen molar-refractivity contribution >= 4 is 17.3 Å². The molecule has 5 nitrogen and oxygen atoms in total. The van der Waals surface area contributed by atoms with E-state index in [9.17, 15) is 4.79 Å². The number of nitrogens with two attached hydrogens (primary N) is 1. The Morgan fingerprint density at radius 3 is 2.74 bits per heavy atom. The van der Waals surface area contributed by atoms with Gasteiger partial charge in [0.15, 0.2) is 0 Å². The van der Waals surface area contributed by atoms with Crippen LogP contribution in [0.4, 0.5) is 11.4 Å². The SMILES string of the molecule is CN(C)CCN(C)C1Cc2c(N)cccc2NC1=O. The molecule has 0 saturated carbocycles. The zero-order chi connectivity index (χ0) is 14.0. The van der Waals surface area contributed by atoms with Crippen LogP contribution in [0.15, 0.2) is 18.2 Å². The molecule has 0 saturated heterocycles. The van der Waals surface area contributed by atoms with Gasteiger partial charge in [-0.15, -0.1) is 0 Å². The molecule has 5 heteroatoms. The van der Waals surface area contributed by atoms with Crippen LogP contribution in [-0.4, -0.2) is 56.0 Å². The number of anilines is 2. The van der Waals surface area contributed by atoms with Crippen molar-refractivity contribution in [1.82, 2.24) is 9.80 Å².